The van der Waals surface area contributed by atoms with E-state index in [4.69, 9.17) is 4.74 Å². The topological polar surface area (TPSA) is 70.7 Å². The van der Waals surface area contributed by atoms with E-state index >= 15 is 0 Å². The number of piperidine rings is 1. The molecule has 1 atom stereocenters. The van der Waals surface area contributed by atoms with Crippen molar-refractivity contribution in [3.05, 3.63) is 46.7 Å². The van der Waals surface area contributed by atoms with Crippen LogP contribution in [0.15, 0.2) is 35.5 Å². The summed E-state index contributed by atoms with van der Waals surface area (Å²) in [4.78, 5) is 27.3. The molecule has 1 aromatic carbocycles. The van der Waals surface area contributed by atoms with Gasteiger partial charge in [0, 0.05) is 12.2 Å². The molecule has 0 unspecified atom stereocenters. The Morgan fingerprint density at radius 3 is 2.54 bits per heavy atom. The van der Waals surface area contributed by atoms with Crippen molar-refractivity contribution in [3.63, 3.8) is 0 Å². The fraction of sp³-hybridized carbons (Fsp3) is 0.500. The van der Waals surface area contributed by atoms with Crippen molar-refractivity contribution in [1.29, 1.82) is 0 Å². The minimum atomic E-state index is -0.497. The maximum atomic E-state index is 12.7. The normalized spacial score (nSPS) is 21.2. The van der Waals surface area contributed by atoms with Crippen LogP contribution in [-0.2, 0) is 9.53 Å². The average Bonchev–Trinajstić information content (AvgIpc) is 2.63. The van der Waals surface area contributed by atoms with Crippen LogP contribution in [0.25, 0.3) is 0 Å². The van der Waals surface area contributed by atoms with Gasteiger partial charge in [-0.2, -0.15) is 0 Å². The number of urea groups is 1. The number of amides is 2. The molecule has 140 valence electrons. The van der Waals surface area contributed by atoms with Crippen LogP contribution in [0.3, 0.4) is 0 Å². The first-order valence-electron chi connectivity index (χ1n) is 9.35. The lowest BCUT2D eigenvalue weighted by molar-refractivity contribution is -0.139. The third kappa shape index (κ3) is 4.25. The van der Waals surface area contributed by atoms with Crippen LogP contribution < -0.4 is 10.6 Å². The molecular formula is C20H27N3O3. The fourth-order valence-electron chi connectivity index (χ4n) is 3.54. The monoisotopic (exact) mass is 357 g/mol. The van der Waals surface area contributed by atoms with Gasteiger partial charge in [-0.1, -0.05) is 36.2 Å². The molecule has 2 aliphatic heterocycles. The molecule has 2 N–H and O–H groups in total. The molecule has 0 aromatic heterocycles. The van der Waals surface area contributed by atoms with Crippen LogP contribution in [0.4, 0.5) is 4.79 Å². The minimum absolute atomic E-state index is 0.282. The van der Waals surface area contributed by atoms with Crippen molar-refractivity contribution in [2.75, 3.05) is 26.2 Å². The van der Waals surface area contributed by atoms with E-state index in [-0.39, 0.29) is 12.0 Å². The number of aryl methyl sites for hydroxylation is 1. The predicted octanol–water partition coefficient (Wildman–Crippen LogP) is 2.65. The summed E-state index contributed by atoms with van der Waals surface area (Å²) in [5, 5.41) is 5.73. The van der Waals surface area contributed by atoms with E-state index in [2.05, 4.69) is 15.5 Å². The predicted molar refractivity (Wildman–Crippen MR) is 99.5 cm³/mol. The van der Waals surface area contributed by atoms with Gasteiger partial charge < -0.3 is 15.4 Å². The summed E-state index contributed by atoms with van der Waals surface area (Å²) in [5.74, 6) is -0.377. The molecule has 6 nitrogen and oxygen atoms in total. The molecule has 6 heteroatoms. The molecule has 2 heterocycles. The number of nitrogens with zero attached hydrogens (tertiary/aromatic N) is 1. The van der Waals surface area contributed by atoms with Gasteiger partial charge in [0.2, 0.25) is 0 Å². The number of benzene rings is 1. The highest BCUT2D eigenvalue weighted by Gasteiger charge is 2.34. The summed E-state index contributed by atoms with van der Waals surface area (Å²) in [7, 11) is 0. The molecule has 0 aliphatic carbocycles. The molecule has 1 saturated heterocycles. The van der Waals surface area contributed by atoms with Crippen LogP contribution in [0.2, 0.25) is 0 Å². The van der Waals surface area contributed by atoms with Gasteiger partial charge >= 0.3 is 12.0 Å². The van der Waals surface area contributed by atoms with Gasteiger partial charge in [0.15, 0.2) is 0 Å². The zero-order valence-corrected chi connectivity index (χ0v) is 15.5. The summed E-state index contributed by atoms with van der Waals surface area (Å²) < 4.78 is 5.30. The van der Waals surface area contributed by atoms with E-state index in [1.807, 2.05) is 31.2 Å². The van der Waals surface area contributed by atoms with Crippen molar-refractivity contribution >= 4 is 12.0 Å². The summed E-state index contributed by atoms with van der Waals surface area (Å²) in [5.41, 5.74) is 3.16. The van der Waals surface area contributed by atoms with Gasteiger partial charge in [-0.3, -0.25) is 4.90 Å². The molecule has 0 spiro atoms. The molecular weight excluding hydrogens is 330 g/mol. The largest absolute Gasteiger partial charge is 0.463 e. The molecule has 0 radical (unpaired) electrons. The number of carbonyl (C=O) groups excluding carboxylic acids is 2. The molecule has 0 saturated carbocycles. The Bertz CT molecular complexity index is 691. The highest BCUT2D eigenvalue weighted by molar-refractivity contribution is 5.95. The van der Waals surface area contributed by atoms with Crippen molar-refractivity contribution in [1.82, 2.24) is 15.5 Å². The van der Waals surface area contributed by atoms with Crippen LogP contribution in [0, 0.1) is 6.92 Å². The molecule has 26 heavy (non-hydrogen) atoms. The summed E-state index contributed by atoms with van der Waals surface area (Å²) >= 11 is 0. The number of rotatable bonds is 5. The Balaban J connectivity index is 1.96. The van der Waals surface area contributed by atoms with Crippen molar-refractivity contribution in [2.45, 2.75) is 39.2 Å². The van der Waals surface area contributed by atoms with Gasteiger partial charge in [-0.05, 0) is 45.3 Å². The maximum Gasteiger partial charge on any atom is 0.338 e. The summed E-state index contributed by atoms with van der Waals surface area (Å²) in [6.45, 7) is 6.63. The van der Waals surface area contributed by atoms with Crippen LogP contribution in [0.1, 0.15) is 43.4 Å². The average molecular weight is 357 g/mol. The molecule has 1 aromatic rings. The number of likely N-dealkylation sites (tertiary alicyclic amines) is 1. The number of hydrogen-bond acceptors (Lipinski definition) is 4. The number of hydrogen-bond donors (Lipinski definition) is 2. The van der Waals surface area contributed by atoms with Crippen LogP contribution in [0.5, 0.6) is 0 Å². The third-order valence-corrected chi connectivity index (χ3v) is 4.89. The maximum absolute atomic E-state index is 12.7. The Hall–Kier alpha value is -2.34. The zero-order valence-electron chi connectivity index (χ0n) is 15.5. The van der Waals surface area contributed by atoms with E-state index in [0.29, 0.717) is 24.4 Å². The van der Waals surface area contributed by atoms with E-state index in [9.17, 15) is 9.59 Å². The Kier molecular flexibility index (Phi) is 5.93. The van der Waals surface area contributed by atoms with E-state index in [0.717, 1.165) is 37.1 Å². The Morgan fingerprint density at radius 2 is 1.88 bits per heavy atom. The molecule has 1 fully saturated rings. The second-order valence-electron chi connectivity index (χ2n) is 6.89. The number of nitrogens with one attached hydrogen (secondary N) is 2. The zero-order chi connectivity index (χ0) is 18.5. The van der Waals surface area contributed by atoms with Crippen molar-refractivity contribution < 1.29 is 14.3 Å². The standard InChI is InChI=1S/C20H27N3O3/c1-3-26-19(24)17-16(13-23-11-5-4-6-12-23)21-20(25)22-18(17)15-9-7-14(2)8-10-15/h7-10,18H,3-6,11-13H2,1-2H3,(H2,21,22,25)/t18-/m0/s1. The van der Waals surface area contributed by atoms with Gasteiger partial charge in [0.05, 0.1) is 18.2 Å². The molecule has 0 bridgehead atoms. The smallest absolute Gasteiger partial charge is 0.338 e. The van der Waals surface area contributed by atoms with Crippen molar-refractivity contribution in [2.24, 2.45) is 0 Å². The first kappa shape index (κ1) is 18.5. The number of carbonyl (C=O) groups is 2. The SMILES string of the molecule is CCOC(=O)C1=C(CN2CCCCC2)NC(=O)N[C@H]1c1ccc(C)cc1. The highest BCUT2D eigenvalue weighted by Crippen LogP contribution is 2.28. The lowest BCUT2D eigenvalue weighted by Gasteiger charge is -2.33. The first-order chi connectivity index (χ1) is 12.6. The summed E-state index contributed by atoms with van der Waals surface area (Å²) in [6, 6.07) is 7.08. The van der Waals surface area contributed by atoms with Crippen LogP contribution in [-0.4, -0.2) is 43.1 Å². The molecule has 2 aliphatic rings. The van der Waals surface area contributed by atoms with E-state index < -0.39 is 6.04 Å². The van der Waals surface area contributed by atoms with Crippen LogP contribution >= 0.6 is 0 Å². The highest BCUT2D eigenvalue weighted by atomic mass is 16.5. The molecule has 3 rings (SSSR count). The van der Waals surface area contributed by atoms with Gasteiger partial charge in [-0.15, -0.1) is 0 Å². The van der Waals surface area contributed by atoms with Gasteiger partial charge in [0.25, 0.3) is 0 Å². The second-order valence-corrected chi connectivity index (χ2v) is 6.89. The van der Waals surface area contributed by atoms with Gasteiger partial charge in [0.1, 0.15) is 0 Å². The second kappa shape index (κ2) is 8.36. The number of esters is 1. The third-order valence-electron chi connectivity index (χ3n) is 4.89. The quantitative estimate of drug-likeness (QED) is 0.795. The molecule has 2 amide bonds. The van der Waals surface area contributed by atoms with Crippen molar-refractivity contribution in [3.8, 4) is 0 Å². The fourth-order valence-corrected chi connectivity index (χ4v) is 3.54. The van der Waals surface area contributed by atoms with E-state index in [1.165, 1.54) is 6.42 Å². The summed E-state index contributed by atoms with van der Waals surface area (Å²) in [6.07, 6.45) is 3.53. The Morgan fingerprint density at radius 1 is 1.19 bits per heavy atom. The lowest BCUT2D eigenvalue weighted by Crippen LogP contribution is -2.49. The Labute approximate surface area is 154 Å². The lowest BCUT2D eigenvalue weighted by atomic mass is 9.94. The first-order valence-corrected chi connectivity index (χ1v) is 9.35. The number of ether oxygens (including phenoxy) is 1. The minimum Gasteiger partial charge on any atom is -0.463 e. The van der Waals surface area contributed by atoms with E-state index in [1.54, 1.807) is 6.92 Å². The van der Waals surface area contributed by atoms with Gasteiger partial charge in [-0.25, -0.2) is 9.59 Å².